The first-order valence-electron chi connectivity index (χ1n) is 6.70. The Morgan fingerprint density at radius 1 is 1.55 bits per heavy atom. The first-order valence-corrected chi connectivity index (χ1v) is 10.1. The fourth-order valence-corrected chi connectivity index (χ4v) is 4.84. The van der Waals surface area contributed by atoms with E-state index in [0.717, 1.165) is 5.56 Å². The summed E-state index contributed by atoms with van der Waals surface area (Å²) < 4.78 is 27.4. The number of rotatable bonds is 5. The van der Waals surface area contributed by atoms with Crippen molar-refractivity contribution in [3.63, 3.8) is 0 Å². The SMILES string of the molecule is CCOC(=O)c1c(C)csc1N1CC(CS(=O)(=O)Cl)CC1=O. The minimum Gasteiger partial charge on any atom is -0.462 e. The molecule has 1 amide bonds. The lowest BCUT2D eigenvalue weighted by Gasteiger charge is -2.16. The van der Waals surface area contributed by atoms with Gasteiger partial charge >= 0.3 is 5.97 Å². The zero-order valence-electron chi connectivity index (χ0n) is 12.2. The highest BCUT2D eigenvalue weighted by molar-refractivity contribution is 8.13. The fraction of sp³-hybridized carbons (Fsp3) is 0.538. The van der Waals surface area contributed by atoms with Crippen LogP contribution in [0.4, 0.5) is 5.00 Å². The summed E-state index contributed by atoms with van der Waals surface area (Å²) in [6.45, 7) is 3.96. The molecule has 0 spiro atoms. The summed E-state index contributed by atoms with van der Waals surface area (Å²) in [6, 6.07) is 0. The number of hydrogen-bond acceptors (Lipinski definition) is 6. The highest BCUT2D eigenvalue weighted by Crippen LogP contribution is 2.36. The molecule has 0 radical (unpaired) electrons. The molecule has 1 aliphatic heterocycles. The van der Waals surface area contributed by atoms with E-state index in [0.29, 0.717) is 10.6 Å². The number of aryl methyl sites for hydroxylation is 1. The molecule has 122 valence electrons. The first-order chi connectivity index (χ1) is 10.2. The second kappa shape index (κ2) is 6.55. The molecule has 1 fully saturated rings. The lowest BCUT2D eigenvalue weighted by atomic mass is 10.1. The van der Waals surface area contributed by atoms with Crippen molar-refractivity contribution in [3.8, 4) is 0 Å². The predicted molar refractivity (Wildman–Crippen MR) is 85.1 cm³/mol. The smallest absolute Gasteiger partial charge is 0.341 e. The molecular formula is C13H16ClNO5S2. The zero-order chi connectivity index (χ0) is 16.5. The number of esters is 1. The topological polar surface area (TPSA) is 80.8 Å². The number of amides is 1. The molecule has 1 saturated heterocycles. The predicted octanol–water partition coefficient (Wildman–Crippen LogP) is 2.15. The van der Waals surface area contributed by atoms with Crippen LogP contribution in [0.25, 0.3) is 0 Å². The van der Waals surface area contributed by atoms with Gasteiger partial charge in [0.25, 0.3) is 0 Å². The Labute approximate surface area is 137 Å². The third kappa shape index (κ3) is 3.80. The quantitative estimate of drug-likeness (QED) is 0.590. The summed E-state index contributed by atoms with van der Waals surface area (Å²) in [5, 5.41) is 2.29. The van der Waals surface area contributed by atoms with Crippen LogP contribution in [0.2, 0.25) is 0 Å². The third-order valence-electron chi connectivity index (χ3n) is 3.32. The Morgan fingerprint density at radius 3 is 2.82 bits per heavy atom. The number of halogens is 1. The lowest BCUT2D eigenvalue weighted by molar-refractivity contribution is -0.117. The minimum atomic E-state index is -3.66. The van der Waals surface area contributed by atoms with Gasteiger partial charge in [0.15, 0.2) is 0 Å². The van der Waals surface area contributed by atoms with Crippen LogP contribution in [0.3, 0.4) is 0 Å². The molecule has 1 aromatic rings. The van der Waals surface area contributed by atoms with Gasteiger partial charge in [0.1, 0.15) is 5.00 Å². The van der Waals surface area contributed by atoms with Crippen molar-refractivity contribution in [1.82, 2.24) is 0 Å². The van der Waals surface area contributed by atoms with Gasteiger partial charge in [-0.15, -0.1) is 11.3 Å². The number of carbonyl (C=O) groups is 2. The van der Waals surface area contributed by atoms with Gasteiger partial charge in [-0.2, -0.15) is 0 Å². The van der Waals surface area contributed by atoms with Gasteiger partial charge in [0.2, 0.25) is 15.0 Å². The maximum absolute atomic E-state index is 12.2. The van der Waals surface area contributed by atoms with Crippen molar-refractivity contribution in [1.29, 1.82) is 0 Å². The van der Waals surface area contributed by atoms with Crippen molar-refractivity contribution in [2.75, 3.05) is 23.8 Å². The van der Waals surface area contributed by atoms with E-state index in [9.17, 15) is 18.0 Å². The van der Waals surface area contributed by atoms with Gasteiger partial charge in [-0.05, 0) is 24.8 Å². The number of thiophene rings is 1. The van der Waals surface area contributed by atoms with Crippen molar-refractivity contribution < 1.29 is 22.7 Å². The van der Waals surface area contributed by atoms with Gasteiger partial charge in [-0.3, -0.25) is 4.79 Å². The van der Waals surface area contributed by atoms with Crippen LogP contribution < -0.4 is 4.90 Å². The summed E-state index contributed by atoms with van der Waals surface area (Å²) in [4.78, 5) is 25.7. The second-order valence-electron chi connectivity index (χ2n) is 5.10. The summed E-state index contributed by atoms with van der Waals surface area (Å²) in [5.41, 5.74) is 1.11. The Morgan fingerprint density at radius 2 is 2.23 bits per heavy atom. The van der Waals surface area contributed by atoms with E-state index in [1.54, 1.807) is 19.2 Å². The molecule has 6 nitrogen and oxygen atoms in total. The van der Waals surface area contributed by atoms with Crippen LogP contribution in [-0.4, -0.2) is 39.2 Å². The van der Waals surface area contributed by atoms with E-state index in [1.165, 1.54) is 16.2 Å². The number of ether oxygens (including phenoxy) is 1. The maximum atomic E-state index is 12.2. The van der Waals surface area contributed by atoms with Crippen LogP contribution in [0, 0.1) is 12.8 Å². The average molecular weight is 366 g/mol. The summed E-state index contributed by atoms with van der Waals surface area (Å²) >= 11 is 1.27. The van der Waals surface area contributed by atoms with Crippen LogP contribution in [-0.2, 0) is 18.6 Å². The van der Waals surface area contributed by atoms with Crippen molar-refractivity contribution in [2.45, 2.75) is 20.3 Å². The highest BCUT2D eigenvalue weighted by atomic mass is 35.7. The number of carbonyl (C=O) groups excluding carboxylic acids is 2. The Balaban J connectivity index is 2.26. The third-order valence-corrected chi connectivity index (χ3v) is 5.69. The molecule has 0 saturated carbocycles. The number of anilines is 1. The molecular weight excluding hydrogens is 350 g/mol. The molecule has 1 atom stereocenters. The number of hydrogen-bond donors (Lipinski definition) is 0. The van der Waals surface area contributed by atoms with Gasteiger partial charge < -0.3 is 9.64 Å². The molecule has 0 aliphatic carbocycles. The van der Waals surface area contributed by atoms with Crippen LogP contribution >= 0.6 is 22.0 Å². The van der Waals surface area contributed by atoms with Crippen molar-refractivity contribution in [3.05, 3.63) is 16.5 Å². The summed E-state index contributed by atoms with van der Waals surface area (Å²) in [5.74, 6) is -1.31. The standard InChI is InChI=1S/C13H16ClNO5S2/c1-3-20-13(17)11-8(2)6-21-12(11)15-5-9(4-10(15)16)7-22(14,18)19/h6,9H,3-5,7H2,1-2H3. The molecule has 9 heteroatoms. The molecule has 1 aromatic heterocycles. The highest BCUT2D eigenvalue weighted by Gasteiger charge is 2.36. The van der Waals surface area contributed by atoms with Gasteiger partial charge in [0.05, 0.1) is 17.9 Å². The van der Waals surface area contributed by atoms with E-state index < -0.39 is 15.0 Å². The normalized spacial score (nSPS) is 18.8. The van der Waals surface area contributed by atoms with Crippen molar-refractivity contribution in [2.24, 2.45) is 5.92 Å². The molecule has 2 heterocycles. The lowest BCUT2D eigenvalue weighted by Crippen LogP contribution is -2.26. The van der Waals surface area contributed by atoms with E-state index in [4.69, 9.17) is 15.4 Å². The zero-order valence-corrected chi connectivity index (χ0v) is 14.6. The van der Waals surface area contributed by atoms with Gasteiger partial charge in [-0.1, -0.05) is 0 Å². The van der Waals surface area contributed by atoms with E-state index in [1.807, 2.05) is 0 Å². The Bertz CT molecular complexity index is 697. The van der Waals surface area contributed by atoms with Gasteiger partial charge in [0, 0.05) is 29.6 Å². The molecule has 0 N–H and O–H groups in total. The number of nitrogens with zero attached hydrogens (tertiary/aromatic N) is 1. The molecule has 1 unspecified atom stereocenters. The van der Waals surface area contributed by atoms with E-state index >= 15 is 0 Å². The van der Waals surface area contributed by atoms with E-state index in [2.05, 4.69) is 0 Å². The summed E-state index contributed by atoms with van der Waals surface area (Å²) in [6.07, 6.45) is 0.102. The molecule has 22 heavy (non-hydrogen) atoms. The summed E-state index contributed by atoms with van der Waals surface area (Å²) in [7, 11) is 1.59. The Hall–Kier alpha value is -1.12. The molecule has 0 bridgehead atoms. The monoisotopic (exact) mass is 365 g/mol. The second-order valence-corrected chi connectivity index (χ2v) is 8.78. The average Bonchev–Trinajstić information content (AvgIpc) is 2.90. The van der Waals surface area contributed by atoms with Crippen LogP contribution in [0.5, 0.6) is 0 Å². The molecule has 0 aromatic carbocycles. The minimum absolute atomic E-state index is 0.102. The Kier molecular flexibility index (Phi) is 5.14. The largest absolute Gasteiger partial charge is 0.462 e. The first kappa shape index (κ1) is 17.2. The fourth-order valence-electron chi connectivity index (χ4n) is 2.45. The van der Waals surface area contributed by atoms with E-state index in [-0.39, 0.29) is 37.2 Å². The van der Waals surface area contributed by atoms with Gasteiger partial charge in [-0.25, -0.2) is 13.2 Å². The van der Waals surface area contributed by atoms with Crippen LogP contribution in [0.1, 0.15) is 29.3 Å². The van der Waals surface area contributed by atoms with Crippen molar-refractivity contribution >= 4 is 47.9 Å². The maximum Gasteiger partial charge on any atom is 0.341 e. The molecule has 2 rings (SSSR count). The van der Waals surface area contributed by atoms with Crippen LogP contribution in [0.15, 0.2) is 5.38 Å². The molecule has 1 aliphatic rings.